The number of thioether (sulfide) groups is 1. The van der Waals surface area contributed by atoms with Gasteiger partial charge in [0.2, 0.25) is 15.9 Å². The first kappa shape index (κ1) is 23.8. The quantitative estimate of drug-likeness (QED) is 0.565. The summed E-state index contributed by atoms with van der Waals surface area (Å²) in [5, 5.41) is 3.23. The number of carbonyl (C=O) groups is 1. The van der Waals surface area contributed by atoms with Crippen LogP contribution in [0, 0.1) is 0 Å². The highest BCUT2D eigenvalue weighted by Gasteiger charge is 2.26. The van der Waals surface area contributed by atoms with Gasteiger partial charge in [-0.2, -0.15) is 16.5 Å². The van der Waals surface area contributed by atoms with Gasteiger partial charge in [0.25, 0.3) is 0 Å². The molecule has 0 radical (unpaired) electrons. The lowest BCUT2D eigenvalue weighted by Crippen LogP contribution is -2.44. The van der Waals surface area contributed by atoms with Crippen molar-refractivity contribution in [3.63, 3.8) is 0 Å². The Kier molecular flexibility index (Phi) is 8.59. The van der Waals surface area contributed by atoms with Crippen molar-refractivity contribution in [2.75, 3.05) is 35.3 Å². The number of nitrogens with one attached hydrogen (secondary N) is 2. The molecule has 1 unspecified atom stereocenters. The molecule has 0 saturated carbocycles. The molecule has 1 aromatic heterocycles. The standard InChI is InChI=1S/C21H27ClN4O3S2/c1-30-14-11-19(25-31(28,29)18-8-5-16(22)6-9-18)21(27)24-17-7-10-20(23-15-17)26-12-3-2-4-13-26/h5-10,15,19,25H,2-4,11-14H2,1H3,(H,24,27). The molecule has 2 heterocycles. The van der Waals surface area contributed by atoms with E-state index in [4.69, 9.17) is 11.6 Å². The van der Waals surface area contributed by atoms with E-state index < -0.39 is 22.0 Å². The van der Waals surface area contributed by atoms with Crippen molar-refractivity contribution in [2.24, 2.45) is 0 Å². The highest BCUT2D eigenvalue weighted by molar-refractivity contribution is 7.98. The van der Waals surface area contributed by atoms with Gasteiger partial charge >= 0.3 is 0 Å². The predicted molar refractivity (Wildman–Crippen MR) is 127 cm³/mol. The molecular formula is C21H27ClN4O3S2. The number of hydrogen-bond acceptors (Lipinski definition) is 6. The number of sulfonamides is 1. The van der Waals surface area contributed by atoms with Crippen LogP contribution in [0.1, 0.15) is 25.7 Å². The van der Waals surface area contributed by atoms with E-state index in [1.54, 1.807) is 24.0 Å². The van der Waals surface area contributed by atoms with Gasteiger partial charge < -0.3 is 10.2 Å². The molecule has 3 rings (SSSR count). The Hall–Kier alpha value is -1.81. The van der Waals surface area contributed by atoms with Crippen molar-refractivity contribution in [2.45, 2.75) is 36.6 Å². The zero-order valence-corrected chi connectivity index (χ0v) is 19.8. The van der Waals surface area contributed by atoms with Gasteiger partial charge in [0.05, 0.1) is 16.8 Å². The summed E-state index contributed by atoms with van der Waals surface area (Å²) in [6, 6.07) is 8.61. The smallest absolute Gasteiger partial charge is 0.242 e. The minimum absolute atomic E-state index is 0.0615. The van der Waals surface area contributed by atoms with Crippen LogP contribution in [0.2, 0.25) is 5.02 Å². The van der Waals surface area contributed by atoms with Crippen molar-refractivity contribution >= 4 is 50.8 Å². The molecule has 31 heavy (non-hydrogen) atoms. The Morgan fingerprint density at radius 1 is 1.16 bits per heavy atom. The van der Waals surface area contributed by atoms with Crippen LogP contribution in [0.25, 0.3) is 0 Å². The minimum atomic E-state index is -3.87. The van der Waals surface area contributed by atoms with Gasteiger partial charge in [-0.15, -0.1) is 0 Å². The third-order valence-corrected chi connectivity index (χ3v) is 7.43. The molecule has 1 fully saturated rings. The van der Waals surface area contributed by atoms with Gasteiger partial charge in [0.1, 0.15) is 11.9 Å². The second kappa shape index (κ2) is 11.2. The van der Waals surface area contributed by atoms with E-state index in [0.29, 0.717) is 22.9 Å². The number of hydrogen-bond donors (Lipinski definition) is 2. The first-order valence-electron chi connectivity index (χ1n) is 10.2. The fraction of sp³-hybridized carbons (Fsp3) is 0.429. The number of pyridine rings is 1. The zero-order valence-electron chi connectivity index (χ0n) is 17.4. The van der Waals surface area contributed by atoms with Crippen LogP contribution in [-0.2, 0) is 14.8 Å². The maximum atomic E-state index is 12.9. The van der Waals surface area contributed by atoms with E-state index in [2.05, 4.69) is 19.9 Å². The van der Waals surface area contributed by atoms with E-state index in [1.807, 2.05) is 12.3 Å². The fourth-order valence-corrected chi connectivity index (χ4v) is 5.18. The zero-order chi connectivity index (χ0) is 22.3. The maximum absolute atomic E-state index is 12.9. The largest absolute Gasteiger partial charge is 0.357 e. The van der Waals surface area contributed by atoms with Crippen LogP contribution in [0.15, 0.2) is 47.5 Å². The summed E-state index contributed by atoms with van der Waals surface area (Å²) >= 11 is 7.39. The summed E-state index contributed by atoms with van der Waals surface area (Å²) in [5.41, 5.74) is 0.533. The molecule has 0 bridgehead atoms. The van der Waals surface area contributed by atoms with Crippen LogP contribution in [0.4, 0.5) is 11.5 Å². The van der Waals surface area contributed by atoms with Crippen LogP contribution >= 0.6 is 23.4 Å². The molecule has 1 saturated heterocycles. The molecule has 1 atom stereocenters. The Bertz CT molecular complexity index is 963. The van der Waals surface area contributed by atoms with E-state index in [1.165, 1.54) is 30.7 Å². The predicted octanol–water partition coefficient (Wildman–Crippen LogP) is 3.76. The molecule has 7 nitrogen and oxygen atoms in total. The Morgan fingerprint density at radius 3 is 2.48 bits per heavy atom. The van der Waals surface area contributed by atoms with Crippen molar-refractivity contribution < 1.29 is 13.2 Å². The second-order valence-electron chi connectivity index (χ2n) is 7.35. The van der Waals surface area contributed by atoms with Gasteiger partial charge in [-0.3, -0.25) is 4.79 Å². The summed E-state index contributed by atoms with van der Waals surface area (Å²) in [4.78, 5) is 19.6. The van der Waals surface area contributed by atoms with Crippen molar-refractivity contribution in [1.29, 1.82) is 0 Å². The van der Waals surface area contributed by atoms with Crippen LogP contribution < -0.4 is 14.9 Å². The topological polar surface area (TPSA) is 91.4 Å². The minimum Gasteiger partial charge on any atom is -0.357 e. The Labute approximate surface area is 193 Å². The molecule has 1 amide bonds. The molecule has 1 aromatic carbocycles. The number of benzene rings is 1. The van der Waals surface area contributed by atoms with Gasteiger partial charge in [0, 0.05) is 18.1 Å². The molecule has 2 aromatic rings. The van der Waals surface area contributed by atoms with Crippen molar-refractivity contribution in [3.8, 4) is 0 Å². The summed E-state index contributed by atoms with van der Waals surface area (Å²) < 4.78 is 28.0. The molecule has 10 heteroatoms. The SMILES string of the molecule is CSCCC(NS(=O)(=O)c1ccc(Cl)cc1)C(=O)Nc1ccc(N2CCCCC2)nc1. The van der Waals surface area contributed by atoms with E-state index in [0.717, 1.165) is 31.7 Å². The van der Waals surface area contributed by atoms with Gasteiger partial charge in [-0.1, -0.05) is 11.6 Å². The monoisotopic (exact) mass is 482 g/mol. The number of anilines is 2. The number of aromatic nitrogens is 1. The second-order valence-corrected chi connectivity index (χ2v) is 10.5. The molecule has 1 aliphatic heterocycles. The van der Waals surface area contributed by atoms with E-state index in [-0.39, 0.29) is 4.90 Å². The first-order chi connectivity index (χ1) is 14.9. The van der Waals surface area contributed by atoms with Crippen molar-refractivity contribution in [1.82, 2.24) is 9.71 Å². The molecule has 2 N–H and O–H groups in total. The Balaban J connectivity index is 1.68. The number of carbonyl (C=O) groups excluding carboxylic acids is 1. The van der Waals surface area contributed by atoms with Gasteiger partial charge in [-0.25, -0.2) is 13.4 Å². The molecule has 0 aliphatic carbocycles. The molecule has 168 valence electrons. The highest BCUT2D eigenvalue weighted by atomic mass is 35.5. The van der Waals surface area contributed by atoms with Crippen LogP contribution in [0.5, 0.6) is 0 Å². The molecule has 0 spiro atoms. The maximum Gasteiger partial charge on any atom is 0.242 e. The number of halogens is 1. The summed E-state index contributed by atoms with van der Waals surface area (Å²) in [7, 11) is -3.87. The molecule has 1 aliphatic rings. The van der Waals surface area contributed by atoms with E-state index >= 15 is 0 Å². The average Bonchev–Trinajstić information content (AvgIpc) is 2.78. The summed E-state index contributed by atoms with van der Waals surface area (Å²) in [6.45, 7) is 1.98. The average molecular weight is 483 g/mol. The summed E-state index contributed by atoms with van der Waals surface area (Å²) in [6.07, 6.45) is 7.44. The third-order valence-electron chi connectivity index (χ3n) is 5.04. The lowest BCUT2D eigenvalue weighted by molar-refractivity contribution is -0.117. The number of rotatable bonds is 9. The Morgan fingerprint density at radius 2 is 1.87 bits per heavy atom. The van der Waals surface area contributed by atoms with E-state index in [9.17, 15) is 13.2 Å². The first-order valence-corrected chi connectivity index (χ1v) is 13.4. The number of amides is 1. The van der Waals surface area contributed by atoms with Gasteiger partial charge in [0.15, 0.2) is 0 Å². The lowest BCUT2D eigenvalue weighted by atomic mass is 10.1. The fourth-order valence-electron chi connectivity index (χ4n) is 3.35. The highest BCUT2D eigenvalue weighted by Crippen LogP contribution is 2.20. The lowest BCUT2D eigenvalue weighted by Gasteiger charge is -2.27. The number of nitrogens with zero attached hydrogens (tertiary/aromatic N) is 2. The normalized spacial score (nSPS) is 15.5. The number of piperidine rings is 1. The summed E-state index contributed by atoms with van der Waals surface area (Å²) in [5.74, 6) is 1.10. The van der Waals surface area contributed by atoms with Crippen molar-refractivity contribution in [3.05, 3.63) is 47.6 Å². The van der Waals surface area contributed by atoms with Gasteiger partial charge in [-0.05, 0) is 74.1 Å². The van der Waals surface area contributed by atoms with Crippen LogP contribution in [0.3, 0.4) is 0 Å². The third kappa shape index (κ3) is 6.83. The molecular weight excluding hydrogens is 456 g/mol. The van der Waals surface area contributed by atoms with Crippen LogP contribution in [-0.4, -0.2) is 50.4 Å².